The average molecular weight is 273 g/mol. The summed E-state index contributed by atoms with van der Waals surface area (Å²) in [6, 6.07) is 7.81. The largest absolute Gasteiger partial charge is 0.482 e. The number of carbonyl (C=O) groups is 1. The van der Waals surface area contributed by atoms with Gasteiger partial charge in [-0.05, 0) is 5.56 Å². The van der Waals surface area contributed by atoms with Gasteiger partial charge in [-0.1, -0.05) is 12.1 Å². The summed E-state index contributed by atoms with van der Waals surface area (Å²) in [5.41, 5.74) is 0.931. The van der Waals surface area contributed by atoms with Crippen LogP contribution in [0.25, 0.3) is 0 Å². The van der Waals surface area contributed by atoms with Gasteiger partial charge in [0, 0.05) is 24.5 Å². The molecule has 20 heavy (non-hydrogen) atoms. The zero-order chi connectivity index (χ0) is 14.7. The highest BCUT2D eigenvalue weighted by Gasteiger charge is 2.30. The Morgan fingerprint density at radius 2 is 2.10 bits per heavy atom. The van der Waals surface area contributed by atoms with Gasteiger partial charge in [-0.15, -0.1) is 0 Å². The van der Waals surface area contributed by atoms with E-state index >= 15 is 0 Å². The van der Waals surface area contributed by atoms with Gasteiger partial charge in [0.2, 0.25) is 11.8 Å². The SMILES string of the molecule is COC1=C(C#N)C(c2ccc([N+](=O)[O-])cc2)CC(=O)N1. The van der Waals surface area contributed by atoms with Crippen molar-refractivity contribution in [2.24, 2.45) is 0 Å². The molecular weight excluding hydrogens is 262 g/mol. The van der Waals surface area contributed by atoms with Crippen molar-refractivity contribution < 1.29 is 14.5 Å². The zero-order valence-corrected chi connectivity index (χ0v) is 10.6. The molecule has 1 atom stereocenters. The molecule has 1 N–H and O–H groups in total. The van der Waals surface area contributed by atoms with Crippen molar-refractivity contribution in [1.82, 2.24) is 5.32 Å². The number of hydrogen-bond donors (Lipinski definition) is 1. The van der Waals surface area contributed by atoms with E-state index < -0.39 is 10.8 Å². The molecule has 1 aromatic carbocycles. The first-order chi connectivity index (χ1) is 9.56. The molecule has 1 aliphatic heterocycles. The molecule has 7 heteroatoms. The second-order valence-corrected chi connectivity index (χ2v) is 4.21. The van der Waals surface area contributed by atoms with E-state index in [0.29, 0.717) is 11.1 Å². The molecule has 1 amide bonds. The van der Waals surface area contributed by atoms with Gasteiger partial charge in [-0.3, -0.25) is 20.2 Å². The molecule has 102 valence electrons. The van der Waals surface area contributed by atoms with Crippen molar-refractivity contribution in [2.75, 3.05) is 7.11 Å². The fraction of sp³-hybridized carbons (Fsp3) is 0.231. The first-order valence-electron chi connectivity index (χ1n) is 5.79. The number of benzene rings is 1. The maximum absolute atomic E-state index is 11.6. The number of carbonyl (C=O) groups excluding carboxylic acids is 1. The maximum Gasteiger partial charge on any atom is 0.269 e. The second-order valence-electron chi connectivity index (χ2n) is 4.21. The molecule has 0 fully saturated rings. The number of rotatable bonds is 3. The van der Waals surface area contributed by atoms with Crippen LogP contribution in [0.5, 0.6) is 0 Å². The third kappa shape index (κ3) is 2.44. The Bertz CT molecular complexity index is 628. The lowest BCUT2D eigenvalue weighted by molar-refractivity contribution is -0.384. The van der Waals surface area contributed by atoms with E-state index in [0.717, 1.165) is 0 Å². The predicted octanol–water partition coefficient (Wildman–Crippen LogP) is 1.58. The van der Waals surface area contributed by atoms with Gasteiger partial charge in [0.1, 0.15) is 6.07 Å². The van der Waals surface area contributed by atoms with Gasteiger partial charge in [-0.2, -0.15) is 5.26 Å². The topological polar surface area (TPSA) is 105 Å². The van der Waals surface area contributed by atoms with Crippen molar-refractivity contribution in [3.05, 3.63) is 51.4 Å². The van der Waals surface area contributed by atoms with Crippen molar-refractivity contribution >= 4 is 11.6 Å². The van der Waals surface area contributed by atoms with Crippen LogP contribution in [-0.4, -0.2) is 17.9 Å². The maximum atomic E-state index is 11.6. The summed E-state index contributed by atoms with van der Waals surface area (Å²) >= 11 is 0. The Hall–Kier alpha value is -2.88. The molecule has 7 nitrogen and oxygen atoms in total. The molecule has 0 saturated heterocycles. The summed E-state index contributed by atoms with van der Waals surface area (Å²) in [6.45, 7) is 0. The summed E-state index contributed by atoms with van der Waals surface area (Å²) < 4.78 is 5.00. The normalized spacial score (nSPS) is 18.2. The lowest BCUT2D eigenvalue weighted by atomic mass is 9.86. The van der Waals surface area contributed by atoms with E-state index in [9.17, 15) is 20.2 Å². The fourth-order valence-electron chi connectivity index (χ4n) is 2.09. The van der Waals surface area contributed by atoms with E-state index in [1.54, 1.807) is 12.1 Å². The number of nitrogens with one attached hydrogen (secondary N) is 1. The number of allylic oxidation sites excluding steroid dienone is 1. The molecule has 0 saturated carbocycles. The Morgan fingerprint density at radius 1 is 1.45 bits per heavy atom. The number of methoxy groups -OCH3 is 1. The van der Waals surface area contributed by atoms with E-state index in [4.69, 9.17) is 4.74 Å². The number of nitrogens with zero attached hydrogens (tertiary/aromatic N) is 2. The Kier molecular flexibility index (Phi) is 3.66. The number of nitriles is 1. The summed E-state index contributed by atoms with van der Waals surface area (Å²) in [5.74, 6) is -0.583. The highest BCUT2D eigenvalue weighted by Crippen LogP contribution is 2.33. The van der Waals surface area contributed by atoms with E-state index in [-0.39, 0.29) is 23.9 Å². The molecule has 0 radical (unpaired) electrons. The van der Waals surface area contributed by atoms with Crippen molar-refractivity contribution in [3.63, 3.8) is 0 Å². The zero-order valence-electron chi connectivity index (χ0n) is 10.6. The van der Waals surface area contributed by atoms with Crippen LogP contribution in [0.15, 0.2) is 35.7 Å². The summed E-state index contributed by atoms with van der Waals surface area (Å²) in [5, 5.41) is 22.3. The molecule has 2 rings (SSSR count). The number of amides is 1. The lowest BCUT2D eigenvalue weighted by Gasteiger charge is -2.24. The third-order valence-corrected chi connectivity index (χ3v) is 3.07. The quantitative estimate of drug-likeness (QED) is 0.664. The van der Waals surface area contributed by atoms with E-state index in [1.807, 2.05) is 6.07 Å². The monoisotopic (exact) mass is 273 g/mol. The third-order valence-electron chi connectivity index (χ3n) is 3.07. The number of non-ortho nitro benzene ring substituents is 1. The molecule has 1 heterocycles. The van der Waals surface area contributed by atoms with Crippen molar-refractivity contribution in [3.8, 4) is 6.07 Å². The molecule has 0 spiro atoms. The fourth-order valence-corrected chi connectivity index (χ4v) is 2.09. The van der Waals surface area contributed by atoms with Gasteiger partial charge < -0.3 is 4.74 Å². The standard InChI is InChI=1S/C13H11N3O4/c1-20-13-11(7-14)10(6-12(17)15-13)8-2-4-9(5-3-8)16(18)19/h2-5,10H,6H2,1H3,(H,15,17). The van der Waals surface area contributed by atoms with Gasteiger partial charge in [0.25, 0.3) is 5.69 Å². The molecule has 1 aromatic rings. The second kappa shape index (κ2) is 5.40. The number of nitro benzene ring substituents is 1. The summed E-state index contributed by atoms with van der Waals surface area (Å²) in [7, 11) is 1.37. The lowest BCUT2D eigenvalue weighted by Crippen LogP contribution is -2.32. The first-order valence-corrected chi connectivity index (χ1v) is 5.79. The van der Waals surface area contributed by atoms with Crippen LogP contribution >= 0.6 is 0 Å². The van der Waals surface area contributed by atoms with Crippen LogP contribution in [0.3, 0.4) is 0 Å². The number of ether oxygens (including phenoxy) is 1. The minimum atomic E-state index is -0.501. The Morgan fingerprint density at radius 3 is 2.60 bits per heavy atom. The Labute approximate surface area is 114 Å². The van der Waals surface area contributed by atoms with Crippen LogP contribution in [0.2, 0.25) is 0 Å². The van der Waals surface area contributed by atoms with Crippen LogP contribution < -0.4 is 5.32 Å². The minimum Gasteiger partial charge on any atom is -0.482 e. The molecule has 0 aliphatic carbocycles. The molecular formula is C13H11N3O4. The predicted molar refractivity (Wildman–Crippen MR) is 68.2 cm³/mol. The van der Waals surface area contributed by atoms with Gasteiger partial charge >= 0.3 is 0 Å². The minimum absolute atomic E-state index is 0.0385. The number of hydrogen-bond acceptors (Lipinski definition) is 5. The molecule has 0 aromatic heterocycles. The van der Waals surface area contributed by atoms with Crippen molar-refractivity contribution in [2.45, 2.75) is 12.3 Å². The number of nitro groups is 1. The highest BCUT2D eigenvalue weighted by molar-refractivity contribution is 5.81. The Balaban J connectivity index is 2.42. The highest BCUT2D eigenvalue weighted by atomic mass is 16.6. The van der Waals surface area contributed by atoms with Crippen LogP contribution in [0.1, 0.15) is 17.9 Å². The van der Waals surface area contributed by atoms with Crippen LogP contribution in [0, 0.1) is 21.4 Å². The van der Waals surface area contributed by atoms with Gasteiger partial charge in [-0.25, -0.2) is 0 Å². The van der Waals surface area contributed by atoms with Crippen molar-refractivity contribution in [1.29, 1.82) is 5.26 Å². The first kappa shape index (κ1) is 13.5. The van der Waals surface area contributed by atoms with Gasteiger partial charge in [0.05, 0.1) is 17.6 Å². The molecule has 0 bridgehead atoms. The van der Waals surface area contributed by atoms with E-state index in [2.05, 4.69) is 5.32 Å². The summed E-state index contributed by atoms with van der Waals surface area (Å²) in [6.07, 6.45) is 0.105. The summed E-state index contributed by atoms with van der Waals surface area (Å²) in [4.78, 5) is 21.7. The van der Waals surface area contributed by atoms with E-state index in [1.165, 1.54) is 19.2 Å². The molecule has 1 unspecified atom stereocenters. The molecule has 1 aliphatic rings. The van der Waals surface area contributed by atoms with Crippen LogP contribution in [0.4, 0.5) is 5.69 Å². The average Bonchev–Trinajstić information content (AvgIpc) is 2.46. The van der Waals surface area contributed by atoms with Gasteiger partial charge in [0.15, 0.2) is 0 Å². The van der Waals surface area contributed by atoms with Crippen LogP contribution in [-0.2, 0) is 9.53 Å². The smallest absolute Gasteiger partial charge is 0.269 e.